The molecule has 0 aliphatic carbocycles. The van der Waals surface area contributed by atoms with Crippen LogP contribution in [0.2, 0.25) is 0 Å². The van der Waals surface area contributed by atoms with Gasteiger partial charge < -0.3 is 14.8 Å². The molecule has 1 N–H and O–H groups in total. The molecule has 1 heterocycles. The highest BCUT2D eigenvalue weighted by molar-refractivity contribution is 5.81. The van der Waals surface area contributed by atoms with Gasteiger partial charge in [0.05, 0.1) is 19.8 Å². The zero-order valence-electron chi connectivity index (χ0n) is 12.5. The van der Waals surface area contributed by atoms with E-state index in [-0.39, 0.29) is 23.7 Å². The molecule has 1 aliphatic rings. The molecule has 2 rings (SSSR count). The van der Waals surface area contributed by atoms with E-state index in [9.17, 15) is 9.18 Å². The number of nitrogens with one attached hydrogen (secondary N) is 1. The lowest BCUT2D eigenvalue weighted by Crippen LogP contribution is -2.48. The summed E-state index contributed by atoms with van der Waals surface area (Å²) in [4.78, 5) is 12.2. The molecule has 1 aliphatic heterocycles. The van der Waals surface area contributed by atoms with Gasteiger partial charge in [0.2, 0.25) is 0 Å². The van der Waals surface area contributed by atoms with Crippen molar-refractivity contribution in [3.63, 3.8) is 0 Å². The summed E-state index contributed by atoms with van der Waals surface area (Å²) in [6, 6.07) is 6.35. The maximum Gasteiger partial charge on any atom is 0.251 e. The topological polar surface area (TPSA) is 47.6 Å². The van der Waals surface area contributed by atoms with Crippen molar-refractivity contribution in [2.75, 3.05) is 19.8 Å². The predicted molar refractivity (Wildman–Crippen MR) is 77.4 cm³/mol. The normalized spacial score (nSPS) is 20.3. The highest BCUT2D eigenvalue weighted by Crippen LogP contribution is 2.12. The van der Waals surface area contributed by atoms with E-state index in [0.29, 0.717) is 26.2 Å². The largest absolute Gasteiger partial charge is 0.376 e. The van der Waals surface area contributed by atoms with E-state index < -0.39 is 6.10 Å². The Hall–Kier alpha value is -1.46. The zero-order valence-corrected chi connectivity index (χ0v) is 12.5. The number of halogens is 1. The molecule has 5 heteroatoms. The van der Waals surface area contributed by atoms with Crippen molar-refractivity contribution >= 4 is 5.91 Å². The van der Waals surface area contributed by atoms with E-state index in [1.807, 2.05) is 13.8 Å². The Labute approximate surface area is 124 Å². The van der Waals surface area contributed by atoms with Crippen molar-refractivity contribution in [3.05, 3.63) is 35.6 Å². The Kier molecular flexibility index (Phi) is 5.70. The van der Waals surface area contributed by atoms with Crippen LogP contribution in [0.1, 0.15) is 19.4 Å². The second-order valence-electron chi connectivity index (χ2n) is 5.62. The van der Waals surface area contributed by atoms with Crippen LogP contribution in [0.4, 0.5) is 4.39 Å². The van der Waals surface area contributed by atoms with Crippen molar-refractivity contribution in [1.82, 2.24) is 5.32 Å². The van der Waals surface area contributed by atoms with E-state index in [4.69, 9.17) is 9.47 Å². The van der Waals surface area contributed by atoms with Crippen LogP contribution in [0.5, 0.6) is 0 Å². The van der Waals surface area contributed by atoms with Gasteiger partial charge in [-0.15, -0.1) is 0 Å². The molecule has 1 fully saturated rings. The number of amides is 1. The minimum Gasteiger partial charge on any atom is -0.376 e. The molecule has 0 spiro atoms. The maximum absolute atomic E-state index is 12.9. The summed E-state index contributed by atoms with van der Waals surface area (Å²) in [5.74, 6) is -0.129. The molecule has 1 saturated heterocycles. The first-order valence-electron chi connectivity index (χ1n) is 7.30. The molecule has 2 atom stereocenters. The van der Waals surface area contributed by atoms with Crippen molar-refractivity contribution in [1.29, 1.82) is 0 Å². The summed E-state index contributed by atoms with van der Waals surface area (Å²) in [5.41, 5.74) is 0.996. The summed E-state index contributed by atoms with van der Waals surface area (Å²) < 4.78 is 23.6. The molecular formula is C16H22FNO3. The number of rotatable bonds is 5. The van der Waals surface area contributed by atoms with Crippen molar-refractivity contribution in [2.45, 2.75) is 32.4 Å². The van der Waals surface area contributed by atoms with Crippen LogP contribution in [-0.4, -0.2) is 37.9 Å². The monoisotopic (exact) mass is 295 g/mol. The Morgan fingerprint density at radius 1 is 1.33 bits per heavy atom. The molecule has 21 heavy (non-hydrogen) atoms. The van der Waals surface area contributed by atoms with Gasteiger partial charge in [0.15, 0.2) is 6.10 Å². The van der Waals surface area contributed by atoms with Crippen molar-refractivity contribution < 1.29 is 18.7 Å². The average Bonchev–Trinajstić information content (AvgIpc) is 2.49. The molecule has 0 aromatic heterocycles. The number of hydrogen-bond donors (Lipinski definition) is 1. The fourth-order valence-corrected chi connectivity index (χ4v) is 2.24. The van der Waals surface area contributed by atoms with Crippen LogP contribution in [0.3, 0.4) is 0 Å². The van der Waals surface area contributed by atoms with E-state index >= 15 is 0 Å². The second-order valence-corrected chi connectivity index (χ2v) is 5.62. The number of carbonyl (C=O) groups excluding carboxylic acids is 1. The highest BCUT2D eigenvalue weighted by Gasteiger charge is 2.26. The summed E-state index contributed by atoms with van der Waals surface area (Å²) >= 11 is 0. The van der Waals surface area contributed by atoms with Gasteiger partial charge in [0.25, 0.3) is 5.91 Å². The van der Waals surface area contributed by atoms with Crippen LogP contribution in [-0.2, 0) is 20.7 Å². The van der Waals surface area contributed by atoms with Gasteiger partial charge in [0, 0.05) is 6.04 Å². The molecule has 1 aromatic carbocycles. The van der Waals surface area contributed by atoms with Gasteiger partial charge >= 0.3 is 0 Å². The van der Waals surface area contributed by atoms with Crippen molar-refractivity contribution in [2.24, 2.45) is 5.92 Å². The first-order chi connectivity index (χ1) is 10.1. The van der Waals surface area contributed by atoms with Gasteiger partial charge in [-0.25, -0.2) is 4.39 Å². The van der Waals surface area contributed by atoms with E-state index in [1.165, 1.54) is 12.1 Å². The first-order valence-corrected chi connectivity index (χ1v) is 7.30. The second kappa shape index (κ2) is 7.52. The summed E-state index contributed by atoms with van der Waals surface area (Å²) in [7, 11) is 0. The molecule has 0 saturated carbocycles. The van der Waals surface area contributed by atoms with Crippen LogP contribution in [0.25, 0.3) is 0 Å². The quantitative estimate of drug-likeness (QED) is 0.903. The Morgan fingerprint density at radius 3 is 2.62 bits per heavy atom. The van der Waals surface area contributed by atoms with E-state index in [1.54, 1.807) is 12.1 Å². The standard InChI is InChI=1S/C16H22FNO3/c1-11(2)14(9-12-3-5-13(17)6-4-12)18-16(19)15-10-20-7-8-21-15/h3-6,11,14-15H,7-10H2,1-2H3,(H,18,19)/t14-,15+/m0/s1. The lowest BCUT2D eigenvalue weighted by atomic mass is 9.96. The Bertz CT molecular complexity index is 455. The molecule has 0 unspecified atom stereocenters. The van der Waals surface area contributed by atoms with Gasteiger partial charge in [-0.2, -0.15) is 0 Å². The molecule has 0 bridgehead atoms. The summed E-state index contributed by atoms with van der Waals surface area (Å²) in [6.45, 7) is 5.38. The van der Waals surface area contributed by atoms with Gasteiger partial charge in [-0.05, 0) is 30.0 Å². The smallest absolute Gasteiger partial charge is 0.251 e. The van der Waals surface area contributed by atoms with Crippen LogP contribution >= 0.6 is 0 Å². The number of benzene rings is 1. The third-order valence-electron chi connectivity index (χ3n) is 3.61. The number of carbonyl (C=O) groups is 1. The van der Waals surface area contributed by atoms with Crippen LogP contribution in [0, 0.1) is 11.7 Å². The molecule has 1 amide bonds. The first kappa shape index (κ1) is 15.9. The predicted octanol–water partition coefficient (Wildman–Crippen LogP) is 1.92. The molecule has 1 aromatic rings. The Balaban J connectivity index is 1.95. The molecule has 4 nitrogen and oxygen atoms in total. The van der Waals surface area contributed by atoms with E-state index in [0.717, 1.165) is 5.56 Å². The van der Waals surface area contributed by atoms with Gasteiger partial charge in [-0.1, -0.05) is 26.0 Å². The summed E-state index contributed by atoms with van der Waals surface area (Å²) in [5, 5.41) is 3.01. The lowest BCUT2D eigenvalue weighted by molar-refractivity contribution is -0.148. The molecule has 116 valence electrons. The number of ether oxygens (including phenoxy) is 2. The zero-order chi connectivity index (χ0) is 15.2. The average molecular weight is 295 g/mol. The van der Waals surface area contributed by atoms with E-state index in [2.05, 4.69) is 5.32 Å². The van der Waals surface area contributed by atoms with Crippen molar-refractivity contribution in [3.8, 4) is 0 Å². The summed E-state index contributed by atoms with van der Waals surface area (Å²) in [6.07, 6.45) is 0.130. The third-order valence-corrected chi connectivity index (χ3v) is 3.61. The van der Waals surface area contributed by atoms with Crippen LogP contribution in [0.15, 0.2) is 24.3 Å². The minimum atomic E-state index is -0.534. The van der Waals surface area contributed by atoms with Gasteiger partial charge in [-0.3, -0.25) is 4.79 Å². The van der Waals surface area contributed by atoms with Crippen LogP contribution < -0.4 is 5.32 Å². The maximum atomic E-state index is 12.9. The highest BCUT2D eigenvalue weighted by atomic mass is 19.1. The minimum absolute atomic E-state index is 0.0199. The Morgan fingerprint density at radius 2 is 2.05 bits per heavy atom. The lowest BCUT2D eigenvalue weighted by Gasteiger charge is -2.27. The third kappa shape index (κ3) is 4.79. The fourth-order valence-electron chi connectivity index (χ4n) is 2.24. The van der Waals surface area contributed by atoms with Gasteiger partial charge in [0.1, 0.15) is 5.82 Å². The SMILES string of the molecule is CC(C)[C@H](Cc1ccc(F)cc1)NC(=O)[C@H]1COCCO1. The molecular weight excluding hydrogens is 273 g/mol. The number of hydrogen-bond acceptors (Lipinski definition) is 3. The fraction of sp³-hybridized carbons (Fsp3) is 0.562. The molecule has 0 radical (unpaired) electrons.